The Labute approximate surface area is 150 Å². The molecule has 1 aliphatic heterocycles. The lowest BCUT2D eigenvalue weighted by atomic mass is 10.1. The molecule has 0 aliphatic carbocycles. The number of benzene rings is 1. The number of hydrogen-bond donors (Lipinski definition) is 1. The Morgan fingerprint density at radius 2 is 2.22 bits per heavy atom. The minimum atomic E-state index is -1.38. The number of carboxylic acid groups (broad SMARTS) is 1. The molecule has 1 aromatic carbocycles. The number of rotatable bonds is 4. The van der Waals surface area contributed by atoms with E-state index in [-0.39, 0.29) is 20.7 Å². The summed E-state index contributed by atoms with van der Waals surface area (Å²) in [6, 6.07) is 2.01. The van der Waals surface area contributed by atoms with E-state index in [0.29, 0.717) is 10.0 Å². The Morgan fingerprint density at radius 3 is 2.78 bits per heavy atom. The van der Waals surface area contributed by atoms with E-state index in [9.17, 15) is 19.8 Å². The number of carbonyl (C=O) groups is 2. The van der Waals surface area contributed by atoms with Gasteiger partial charge in [0.05, 0.1) is 28.5 Å². The fourth-order valence-corrected chi connectivity index (χ4v) is 3.78. The van der Waals surface area contributed by atoms with Crippen molar-refractivity contribution in [1.82, 2.24) is 4.90 Å². The fraction of sp³-hybridized carbons (Fsp3) is 0.214. The van der Waals surface area contributed by atoms with E-state index in [0.717, 1.165) is 16.7 Å². The van der Waals surface area contributed by atoms with E-state index in [1.54, 1.807) is 18.2 Å². The molecule has 0 saturated carbocycles. The maximum atomic E-state index is 12.3. The van der Waals surface area contributed by atoms with Crippen LogP contribution in [0.3, 0.4) is 0 Å². The number of thiocarbonyl (C=S) groups is 1. The number of hydrogen-bond acceptors (Lipinski definition) is 7. The normalized spacial score (nSPS) is 17.7. The van der Waals surface area contributed by atoms with Crippen LogP contribution in [0.25, 0.3) is 6.08 Å². The molecule has 1 saturated heterocycles. The van der Waals surface area contributed by atoms with Crippen LogP contribution in [0.2, 0.25) is 0 Å². The molecule has 1 aliphatic rings. The number of thioether (sulfide) groups is 1. The highest BCUT2D eigenvalue weighted by Crippen LogP contribution is 2.38. The van der Waals surface area contributed by atoms with Crippen molar-refractivity contribution in [2.45, 2.75) is 13.0 Å². The van der Waals surface area contributed by atoms with Gasteiger partial charge in [0.25, 0.3) is 5.91 Å². The Kier molecular flexibility index (Phi) is 5.33. The lowest BCUT2D eigenvalue weighted by Crippen LogP contribution is -2.48. The zero-order valence-electron chi connectivity index (χ0n) is 12.0. The summed E-state index contributed by atoms with van der Waals surface area (Å²) in [6.45, 7) is 1.34. The number of phenolic OH excluding ortho intramolecular Hbond substituents is 1. The summed E-state index contributed by atoms with van der Waals surface area (Å²) in [5.74, 6) is -1.69. The predicted molar refractivity (Wildman–Crippen MR) is 91.8 cm³/mol. The van der Waals surface area contributed by atoms with Crippen LogP contribution >= 0.6 is 39.9 Å². The van der Waals surface area contributed by atoms with Crippen molar-refractivity contribution in [2.24, 2.45) is 0 Å². The number of ether oxygens (including phenoxy) is 1. The first kappa shape index (κ1) is 17.8. The van der Waals surface area contributed by atoms with Crippen LogP contribution in [0, 0.1) is 0 Å². The third kappa shape index (κ3) is 3.51. The number of phenols is 1. The number of carbonyl (C=O) groups excluding carboxylic acids is 2. The molecular formula is C14H11BrNO5S2-. The second-order valence-corrected chi connectivity index (χ2v) is 7.13. The lowest BCUT2D eigenvalue weighted by molar-refractivity contribution is -0.309. The average Bonchev–Trinajstić information content (AvgIpc) is 2.76. The summed E-state index contributed by atoms with van der Waals surface area (Å²) in [5, 5.41) is 20.8. The van der Waals surface area contributed by atoms with E-state index in [2.05, 4.69) is 15.9 Å². The van der Waals surface area contributed by atoms with Crippen molar-refractivity contribution >= 4 is 62.2 Å². The number of methoxy groups -OCH3 is 1. The zero-order chi connectivity index (χ0) is 17.3. The molecule has 0 spiro atoms. The predicted octanol–water partition coefficient (Wildman–Crippen LogP) is 1.50. The quantitative estimate of drug-likeness (QED) is 0.587. The van der Waals surface area contributed by atoms with Gasteiger partial charge in [0.1, 0.15) is 4.32 Å². The molecule has 0 radical (unpaired) electrons. The average molecular weight is 417 g/mol. The highest BCUT2D eigenvalue weighted by molar-refractivity contribution is 9.10. The van der Waals surface area contributed by atoms with Crippen molar-refractivity contribution in [1.29, 1.82) is 0 Å². The monoisotopic (exact) mass is 416 g/mol. The van der Waals surface area contributed by atoms with Gasteiger partial charge in [-0.05, 0) is 46.6 Å². The van der Waals surface area contributed by atoms with Gasteiger partial charge in [-0.25, -0.2) is 0 Å². The highest BCUT2D eigenvalue weighted by atomic mass is 79.9. The molecule has 122 valence electrons. The topological polar surface area (TPSA) is 89.9 Å². The van der Waals surface area contributed by atoms with Crippen molar-refractivity contribution in [3.63, 3.8) is 0 Å². The molecule has 1 amide bonds. The van der Waals surface area contributed by atoms with Crippen LogP contribution in [0.1, 0.15) is 12.5 Å². The molecule has 0 aromatic heterocycles. The SMILES string of the molecule is COc1cc(C=C2SC(=S)N(C(C)C(=O)[O-])C2=O)cc(Br)c1O. The standard InChI is InChI=1S/C14H12BrNO5S2/c1-6(13(19)20)16-12(18)10(23-14(16)22)5-7-3-8(15)11(17)9(4-7)21-2/h3-6,17H,1-2H3,(H,19,20)/p-1. The minimum Gasteiger partial charge on any atom is -0.548 e. The van der Waals surface area contributed by atoms with Crippen molar-refractivity contribution in [3.8, 4) is 11.5 Å². The molecular weight excluding hydrogens is 406 g/mol. The molecule has 1 N–H and O–H groups in total. The van der Waals surface area contributed by atoms with Crippen molar-refractivity contribution in [3.05, 3.63) is 27.1 Å². The first-order valence-electron chi connectivity index (χ1n) is 6.30. The smallest absolute Gasteiger partial charge is 0.266 e. The largest absolute Gasteiger partial charge is 0.548 e. The van der Waals surface area contributed by atoms with Gasteiger partial charge in [-0.15, -0.1) is 0 Å². The molecule has 1 atom stereocenters. The molecule has 1 heterocycles. The molecule has 1 fully saturated rings. The van der Waals surface area contributed by atoms with Gasteiger partial charge in [-0.1, -0.05) is 24.0 Å². The number of nitrogens with zero attached hydrogens (tertiary/aromatic N) is 1. The van der Waals surface area contributed by atoms with E-state index in [1.165, 1.54) is 14.0 Å². The third-order valence-electron chi connectivity index (χ3n) is 3.12. The molecule has 9 heteroatoms. The summed E-state index contributed by atoms with van der Waals surface area (Å²) >= 11 is 9.26. The molecule has 0 bridgehead atoms. The van der Waals surface area contributed by atoms with Gasteiger partial charge in [0, 0.05) is 0 Å². The lowest BCUT2D eigenvalue weighted by Gasteiger charge is -2.23. The van der Waals surface area contributed by atoms with Gasteiger partial charge in [-0.2, -0.15) is 0 Å². The molecule has 2 rings (SSSR count). The highest BCUT2D eigenvalue weighted by Gasteiger charge is 2.35. The Hall–Kier alpha value is -1.58. The third-order valence-corrected chi connectivity index (χ3v) is 5.06. The molecule has 23 heavy (non-hydrogen) atoms. The molecule has 6 nitrogen and oxygen atoms in total. The zero-order valence-corrected chi connectivity index (χ0v) is 15.3. The van der Waals surface area contributed by atoms with Gasteiger partial charge in [0.2, 0.25) is 0 Å². The summed E-state index contributed by atoms with van der Waals surface area (Å²) in [6.07, 6.45) is 1.55. The fourth-order valence-electron chi connectivity index (χ4n) is 1.90. The minimum absolute atomic E-state index is 0.0530. The Morgan fingerprint density at radius 1 is 1.57 bits per heavy atom. The number of halogens is 1. The summed E-state index contributed by atoms with van der Waals surface area (Å²) in [4.78, 5) is 24.6. The van der Waals surface area contributed by atoms with Gasteiger partial charge >= 0.3 is 0 Å². The van der Waals surface area contributed by atoms with Crippen LogP contribution in [0.15, 0.2) is 21.5 Å². The van der Waals surface area contributed by atoms with Gasteiger partial charge in [-0.3, -0.25) is 9.69 Å². The van der Waals surface area contributed by atoms with Crippen LogP contribution in [-0.4, -0.2) is 39.4 Å². The maximum Gasteiger partial charge on any atom is 0.266 e. The first-order valence-corrected chi connectivity index (χ1v) is 8.32. The van der Waals surface area contributed by atoms with Crippen LogP contribution in [0.5, 0.6) is 11.5 Å². The van der Waals surface area contributed by atoms with E-state index in [1.807, 2.05) is 0 Å². The summed E-state index contributed by atoms with van der Waals surface area (Å²) in [7, 11) is 1.41. The van der Waals surface area contributed by atoms with Crippen LogP contribution < -0.4 is 9.84 Å². The number of aliphatic carboxylic acids is 1. The Balaban J connectivity index is 2.38. The second-order valence-electron chi connectivity index (χ2n) is 4.60. The van der Waals surface area contributed by atoms with E-state index >= 15 is 0 Å². The van der Waals surface area contributed by atoms with E-state index in [4.69, 9.17) is 17.0 Å². The van der Waals surface area contributed by atoms with Crippen LogP contribution in [-0.2, 0) is 9.59 Å². The number of amides is 1. The number of aromatic hydroxyl groups is 1. The summed E-state index contributed by atoms with van der Waals surface area (Å²) in [5.41, 5.74) is 0.591. The van der Waals surface area contributed by atoms with Crippen LogP contribution in [0.4, 0.5) is 0 Å². The Bertz CT molecular complexity index is 734. The van der Waals surface area contributed by atoms with Crippen molar-refractivity contribution < 1.29 is 24.5 Å². The molecule has 1 unspecified atom stereocenters. The summed E-state index contributed by atoms with van der Waals surface area (Å²) < 4.78 is 5.61. The second kappa shape index (κ2) is 6.90. The first-order chi connectivity index (χ1) is 10.8. The van der Waals surface area contributed by atoms with Gasteiger partial charge < -0.3 is 19.7 Å². The molecule has 1 aromatic rings. The van der Waals surface area contributed by atoms with Gasteiger partial charge in [0.15, 0.2) is 11.5 Å². The van der Waals surface area contributed by atoms with Crippen molar-refractivity contribution in [2.75, 3.05) is 7.11 Å². The number of carboxylic acids is 1. The maximum absolute atomic E-state index is 12.3. The van der Waals surface area contributed by atoms with E-state index < -0.39 is 17.9 Å².